The lowest BCUT2D eigenvalue weighted by atomic mass is 10.1. The van der Waals surface area contributed by atoms with Gasteiger partial charge in [0.1, 0.15) is 0 Å². The van der Waals surface area contributed by atoms with Crippen molar-refractivity contribution in [3.8, 4) is 0 Å². The fourth-order valence-electron chi connectivity index (χ4n) is 3.50. The van der Waals surface area contributed by atoms with Gasteiger partial charge in [0.2, 0.25) is 0 Å². The van der Waals surface area contributed by atoms with Crippen LogP contribution in [0.15, 0.2) is 47.4 Å². The van der Waals surface area contributed by atoms with Gasteiger partial charge in [0.25, 0.3) is 15.9 Å². The minimum Gasteiger partial charge on any atom is -0.351 e. The quantitative estimate of drug-likeness (QED) is 0.602. The minimum atomic E-state index is -3.79. The SMILES string of the molecule is Cc1cccc(NS(=O)(=O)c2cc(C(=O)NCCSC3CCCC3)ccc2C)c1. The lowest BCUT2D eigenvalue weighted by Crippen LogP contribution is -2.26. The van der Waals surface area contributed by atoms with Crippen LogP contribution in [0.25, 0.3) is 0 Å². The standard InChI is InChI=1S/C22H28N2O3S2/c1-16-6-5-7-19(14-16)24-29(26,27)21-15-18(11-10-17(21)2)22(25)23-12-13-28-20-8-3-4-9-20/h5-7,10-11,14-15,20,24H,3-4,8-9,12-13H2,1-2H3,(H,23,25). The van der Waals surface area contributed by atoms with Gasteiger partial charge in [-0.2, -0.15) is 11.8 Å². The van der Waals surface area contributed by atoms with Gasteiger partial charge in [0.15, 0.2) is 0 Å². The second kappa shape index (κ2) is 9.67. The van der Waals surface area contributed by atoms with Crippen molar-refractivity contribution in [2.75, 3.05) is 17.0 Å². The average Bonchev–Trinajstić information content (AvgIpc) is 3.18. The number of hydrogen-bond donors (Lipinski definition) is 2. The number of thioether (sulfide) groups is 1. The first-order chi connectivity index (χ1) is 13.8. The van der Waals surface area contributed by atoms with Crippen molar-refractivity contribution in [1.82, 2.24) is 5.32 Å². The van der Waals surface area contributed by atoms with Gasteiger partial charge in [0, 0.05) is 28.8 Å². The van der Waals surface area contributed by atoms with Crippen LogP contribution in [0.4, 0.5) is 5.69 Å². The van der Waals surface area contributed by atoms with Crippen molar-refractivity contribution in [3.63, 3.8) is 0 Å². The predicted molar refractivity (Wildman–Crippen MR) is 120 cm³/mol. The van der Waals surface area contributed by atoms with Crippen LogP contribution < -0.4 is 10.0 Å². The molecule has 0 heterocycles. The summed E-state index contributed by atoms with van der Waals surface area (Å²) in [5.41, 5.74) is 2.42. The minimum absolute atomic E-state index is 0.118. The van der Waals surface area contributed by atoms with Gasteiger partial charge < -0.3 is 5.32 Å². The molecule has 0 atom stereocenters. The third-order valence-corrected chi connectivity index (χ3v) is 7.96. The lowest BCUT2D eigenvalue weighted by molar-refractivity contribution is 0.0956. The topological polar surface area (TPSA) is 75.3 Å². The van der Waals surface area contributed by atoms with Gasteiger partial charge in [-0.1, -0.05) is 31.0 Å². The Labute approximate surface area is 177 Å². The Morgan fingerprint density at radius 3 is 2.59 bits per heavy atom. The van der Waals surface area contributed by atoms with Gasteiger partial charge in [-0.15, -0.1) is 0 Å². The van der Waals surface area contributed by atoms with E-state index in [9.17, 15) is 13.2 Å². The molecule has 0 spiro atoms. The van der Waals surface area contributed by atoms with Crippen molar-refractivity contribution < 1.29 is 13.2 Å². The van der Waals surface area contributed by atoms with Crippen molar-refractivity contribution in [2.24, 2.45) is 0 Å². The summed E-state index contributed by atoms with van der Waals surface area (Å²) in [5, 5.41) is 3.62. The van der Waals surface area contributed by atoms with Crippen LogP contribution in [0.1, 0.15) is 47.2 Å². The summed E-state index contributed by atoms with van der Waals surface area (Å²) in [6.45, 7) is 4.21. The summed E-state index contributed by atoms with van der Waals surface area (Å²) < 4.78 is 28.3. The smallest absolute Gasteiger partial charge is 0.262 e. The first-order valence-corrected chi connectivity index (χ1v) is 12.5. The molecule has 1 aliphatic rings. The maximum absolute atomic E-state index is 12.9. The summed E-state index contributed by atoms with van der Waals surface area (Å²) in [7, 11) is -3.79. The molecule has 7 heteroatoms. The van der Waals surface area contributed by atoms with Gasteiger partial charge in [-0.05, 0) is 62.1 Å². The van der Waals surface area contributed by atoms with E-state index < -0.39 is 10.0 Å². The summed E-state index contributed by atoms with van der Waals surface area (Å²) in [6, 6.07) is 12.0. The van der Waals surface area contributed by atoms with Crippen molar-refractivity contribution in [1.29, 1.82) is 0 Å². The Balaban J connectivity index is 1.65. The first kappa shape index (κ1) is 21.7. The molecule has 0 saturated heterocycles. The molecule has 5 nitrogen and oxygen atoms in total. The van der Waals surface area contributed by atoms with E-state index in [1.165, 1.54) is 31.7 Å². The van der Waals surface area contributed by atoms with Gasteiger partial charge in [-0.25, -0.2) is 8.42 Å². The second-order valence-corrected chi connectivity index (χ2v) is 10.5. The normalized spacial score (nSPS) is 14.7. The molecule has 1 amide bonds. The highest BCUT2D eigenvalue weighted by atomic mass is 32.2. The van der Waals surface area contributed by atoms with Crippen LogP contribution in [-0.4, -0.2) is 31.9 Å². The molecule has 0 radical (unpaired) electrons. The summed E-state index contributed by atoms with van der Waals surface area (Å²) >= 11 is 1.91. The molecule has 2 aromatic carbocycles. The number of nitrogens with one attached hydrogen (secondary N) is 2. The molecule has 1 fully saturated rings. The van der Waals surface area contributed by atoms with E-state index in [0.29, 0.717) is 23.4 Å². The van der Waals surface area contributed by atoms with Gasteiger partial charge in [-0.3, -0.25) is 9.52 Å². The third kappa shape index (κ3) is 6.00. The van der Waals surface area contributed by atoms with Crippen LogP contribution in [0, 0.1) is 13.8 Å². The van der Waals surface area contributed by atoms with Crippen molar-refractivity contribution >= 4 is 33.4 Å². The molecular weight excluding hydrogens is 404 g/mol. The van der Waals surface area contributed by atoms with Crippen LogP contribution in [0.5, 0.6) is 0 Å². The Bertz CT molecular complexity index is 968. The van der Waals surface area contributed by atoms with Crippen LogP contribution in [-0.2, 0) is 10.0 Å². The van der Waals surface area contributed by atoms with E-state index in [2.05, 4.69) is 10.0 Å². The van der Waals surface area contributed by atoms with Gasteiger partial charge in [0.05, 0.1) is 4.90 Å². The third-order valence-electron chi connectivity index (χ3n) is 5.05. The molecule has 0 aliphatic heterocycles. The summed E-state index contributed by atoms with van der Waals surface area (Å²) in [6.07, 6.45) is 5.15. The van der Waals surface area contributed by atoms with Crippen LogP contribution in [0.3, 0.4) is 0 Å². The number of amides is 1. The number of aryl methyl sites for hydroxylation is 2. The van der Waals surface area contributed by atoms with Crippen molar-refractivity contribution in [3.05, 3.63) is 59.2 Å². The molecule has 0 unspecified atom stereocenters. The molecule has 29 heavy (non-hydrogen) atoms. The zero-order valence-corrected chi connectivity index (χ0v) is 18.5. The average molecular weight is 433 g/mol. The van der Waals surface area contributed by atoms with Crippen LogP contribution in [0.2, 0.25) is 0 Å². The van der Waals surface area contributed by atoms with E-state index in [0.717, 1.165) is 16.6 Å². The molecule has 0 bridgehead atoms. The molecule has 0 aromatic heterocycles. The second-order valence-electron chi connectivity index (χ2n) is 7.49. The maximum atomic E-state index is 12.9. The molecule has 1 saturated carbocycles. The lowest BCUT2D eigenvalue weighted by Gasteiger charge is -2.13. The van der Waals surface area contributed by atoms with Gasteiger partial charge >= 0.3 is 0 Å². The maximum Gasteiger partial charge on any atom is 0.262 e. The monoisotopic (exact) mass is 432 g/mol. The Morgan fingerprint density at radius 1 is 1.10 bits per heavy atom. The first-order valence-electron chi connectivity index (χ1n) is 9.95. The molecular formula is C22H28N2O3S2. The predicted octanol–water partition coefficient (Wildman–Crippen LogP) is 4.51. The Hall–Kier alpha value is -1.99. The highest BCUT2D eigenvalue weighted by Crippen LogP contribution is 2.29. The Morgan fingerprint density at radius 2 is 1.86 bits per heavy atom. The number of benzene rings is 2. The zero-order chi connectivity index (χ0) is 20.9. The Kier molecular flexibility index (Phi) is 7.24. The summed E-state index contributed by atoms with van der Waals surface area (Å²) in [4.78, 5) is 12.6. The van der Waals surface area contributed by atoms with E-state index in [4.69, 9.17) is 0 Å². The van der Waals surface area contributed by atoms with E-state index >= 15 is 0 Å². The molecule has 2 N–H and O–H groups in total. The van der Waals surface area contributed by atoms with E-state index in [1.54, 1.807) is 37.3 Å². The molecule has 156 valence electrons. The molecule has 2 aromatic rings. The summed E-state index contributed by atoms with van der Waals surface area (Å²) in [5.74, 6) is 0.631. The number of carbonyl (C=O) groups is 1. The number of rotatable bonds is 8. The highest BCUT2D eigenvalue weighted by molar-refractivity contribution is 7.99. The molecule has 3 rings (SSSR count). The van der Waals surface area contributed by atoms with Crippen molar-refractivity contribution in [2.45, 2.75) is 49.7 Å². The molecule has 1 aliphatic carbocycles. The number of anilines is 1. The van der Waals surface area contributed by atoms with E-state index in [1.807, 2.05) is 24.8 Å². The number of hydrogen-bond acceptors (Lipinski definition) is 4. The zero-order valence-electron chi connectivity index (χ0n) is 16.9. The fourth-order valence-corrected chi connectivity index (χ4v) is 6.04. The fraction of sp³-hybridized carbons (Fsp3) is 0.409. The largest absolute Gasteiger partial charge is 0.351 e. The number of sulfonamides is 1. The van der Waals surface area contributed by atoms with E-state index in [-0.39, 0.29) is 10.8 Å². The highest BCUT2D eigenvalue weighted by Gasteiger charge is 2.20. The number of carbonyl (C=O) groups excluding carboxylic acids is 1. The van der Waals surface area contributed by atoms with Crippen LogP contribution >= 0.6 is 11.8 Å².